The second-order valence-electron chi connectivity index (χ2n) is 7.56. The van der Waals surface area contributed by atoms with Crippen LogP contribution < -0.4 is 21.3 Å². The third kappa shape index (κ3) is 4.59. The largest absolute Gasteiger partial charge is 0.399 e. The molecule has 8 nitrogen and oxygen atoms in total. The smallest absolute Gasteiger partial charge is 0.229 e. The number of nitrogens with two attached hydrogens (primary N) is 1. The molecule has 1 aliphatic heterocycles. The number of amides is 1. The van der Waals surface area contributed by atoms with Crippen LogP contribution in [0.2, 0.25) is 0 Å². The molecule has 2 fully saturated rings. The van der Waals surface area contributed by atoms with Crippen molar-refractivity contribution in [3.05, 3.63) is 42.6 Å². The molecule has 4 N–H and O–H groups in total. The van der Waals surface area contributed by atoms with E-state index in [0.29, 0.717) is 17.7 Å². The molecule has 152 valence electrons. The highest BCUT2D eigenvalue weighted by Gasteiger charge is 2.23. The van der Waals surface area contributed by atoms with Crippen molar-refractivity contribution in [1.29, 1.82) is 0 Å². The normalized spacial score (nSPS) is 16.4. The first-order valence-corrected chi connectivity index (χ1v) is 9.95. The molecule has 2 aromatic rings. The maximum atomic E-state index is 11.5. The van der Waals surface area contributed by atoms with Crippen LogP contribution >= 0.6 is 0 Å². The molecule has 0 atom stereocenters. The van der Waals surface area contributed by atoms with E-state index in [1.165, 1.54) is 0 Å². The molecule has 29 heavy (non-hydrogen) atoms. The van der Waals surface area contributed by atoms with Gasteiger partial charge in [0.15, 0.2) is 0 Å². The third-order valence-corrected chi connectivity index (χ3v) is 5.27. The van der Waals surface area contributed by atoms with E-state index in [0.717, 1.165) is 61.8 Å². The molecule has 1 saturated carbocycles. The number of carbonyl (C=O) groups excluding carboxylic acids is 1. The van der Waals surface area contributed by atoms with E-state index in [1.807, 2.05) is 17.0 Å². The number of nitrogens with one attached hydrogen (secondary N) is 2. The van der Waals surface area contributed by atoms with E-state index in [-0.39, 0.29) is 5.91 Å². The summed E-state index contributed by atoms with van der Waals surface area (Å²) in [7, 11) is 0. The zero-order valence-electron chi connectivity index (χ0n) is 16.7. The van der Waals surface area contributed by atoms with Crippen LogP contribution in [-0.4, -0.2) is 53.0 Å². The predicted molar refractivity (Wildman–Crippen MR) is 116 cm³/mol. The van der Waals surface area contributed by atoms with Crippen LogP contribution in [0, 0.1) is 0 Å². The standard InChI is InChI=1S/C21H27N7O/c1-14(22)19-13-23-21(26-20(19)24-16-3-4-16)25-17-5-7-18(8-6-17)28-11-9-27(10-12-28)15(2)29/h5-8,13,16H,1,3-4,9-12,22H2,2H3,(H2,23,24,25,26). The van der Waals surface area contributed by atoms with Gasteiger partial charge in [-0.1, -0.05) is 6.58 Å². The summed E-state index contributed by atoms with van der Waals surface area (Å²) in [4.78, 5) is 24.6. The molecule has 1 aromatic carbocycles. The Balaban J connectivity index is 1.42. The lowest BCUT2D eigenvalue weighted by Crippen LogP contribution is -2.48. The number of nitrogens with zero attached hydrogens (tertiary/aromatic N) is 4. The molecular weight excluding hydrogens is 366 g/mol. The number of piperazine rings is 1. The minimum absolute atomic E-state index is 0.143. The summed E-state index contributed by atoms with van der Waals surface area (Å²) in [5.41, 5.74) is 9.11. The zero-order chi connectivity index (χ0) is 20.4. The Bertz CT molecular complexity index is 900. The van der Waals surface area contributed by atoms with Gasteiger partial charge in [0.05, 0.1) is 5.56 Å². The van der Waals surface area contributed by atoms with Crippen LogP contribution in [0.1, 0.15) is 25.3 Å². The van der Waals surface area contributed by atoms with Gasteiger partial charge in [0.1, 0.15) is 5.82 Å². The number of hydrogen-bond donors (Lipinski definition) is 3. The van der Waals surface area contributed by atoms with Crippen LogP contribution in [0.3, 0.4) is 0 Å². The van der Waals surface area contributed by atoms with Crippen LogP contribution in [0.4, 0.5) is 23.1 Å². The maximum Gasteiger partial charge on any atom is 0.229 e. The molecule has 0 unspecified atom stereocenters. The van der Waals surface area contributed by atoms with Crippen molar-refractivity contribution in [2.45, 2.75) is 25.8 Å². The van der Waals surface area contributed by atoms with Crippen molar-refractivity contribution in [2.75, 3.05) is 41.7 Å². The second-order valence-corrected chi connectivity index (χ2v) is 7.56. The summed E-state index contributed by atoms with van der Waals surface area (Å²) in [5.74, 6) is 1.38. The van der Waals surface area contributed by atoms with Crippen molar-refractivity contribution in [1.82, 2.24) is 14.9 Å². The molecule has 2 heterocycles. The summed E-state index contributed by atoms with van der Waals surface area (Å²) in [5, 5.41) is 6.64. The molecular formula is C21H27N7O. The van der Waals surface area contributed by atoms with Crippen molar-refractivity contribution in [2.24, 2.45) is 5.73 Å². The number of anilines is 4. The fraction of sp³-hybridized carbons (Fsp3) is 0.381. The molecule has 8 heteroatoms. The van der Waals surface area contributed by atoms with Crippen molar-refractivity contribution in [3.8, 4) is 0 Å². The summed E-state index contributed by atoms with van der Waals surface area (Å²) < 4.78 is 0. The highest BCUT2D eigenvalue weighted by molar-refractivity contribution is 5.74. The first-order valence-electron chi connectivity index (χ1n) is 9.95. The topological polar surface area (TPSA) is 99.4 Å². The molecule has 1 aromatic heterocycles. The Kier molecular flexibility index (Phi) is 5.24. The van der Waals surface area contributed by atoms with Gasteiger partial charge >= 0.3 is 0 Å². The van der Waals surface area contributed by atoms with Crippen LogP contribution in [0.15, 0.2) is 37.0 Å². The maximum absolute atomic E-state index is 11.5. The van der Waals surface area contributed by atoms with Gasteiger partial charge in [-0.25, -0.2) is 4.98 Å². The Morgan fingerprint density at radius 1 is 1.17 bits per heavy atom. The van der Waals surface area contributed by atoms with E-state index >= 15 is 0 Å². The zero-order valence-corrected chi connectivity index (χ0v) is 16.7. The van der Waals surface area contributed by atoms with Crippen molar-refractivity contribution < 1.29 is 4.79 Å². The first-order chi connectivity index (χ1) is 14.0. The Morgan fingerprint density at radius 3 is 2.45 bits per heavy atom. The van der Waals surface area contributed by atoms with Crippen LogP contribution in [-0.2, 0) is 4.79 Å². The van der Waals surface area contributed by atoms with E-state index in [2.05, 4.69) is 44.2 Å². The summed E-state index contributed by atoms with van der Waals surface area (Å²) in [6.07, 6.45) is 3.99. The van der Waals surface area contributed by atoms with Gasteiger partial charge in [0, 0.05) is 62.4 Å². The molecule has 1 saturated heterocycles. The fourth-order valence-electron chi connectivity index (χ4n) is 3.37. The van der Waals surface area contributed by atoms with E-state index < -0.39 is 0 Å². The SMILES string of the molecule is C=C(N)c1cnc(Nc2ccc(N3CCN(C(C)=O)CC3)cc2)nc1NC1CC1. The third-order valence-electron chi connectivity index (χ3n) is 5.27. The van der Waals surface area contributed by atoms with Gasteiger partial charge in [-0.2, -0.15) is 4.98 Å². The molecule has 1 amide bonds. The Morgan fingerprint density at radius 2 is 1.86 bits per heavy atom. The van der Waals surface area contributed by atoms with Gasteiger partial charge < -0.3 is 26.2 Å². The average Bonchev–Trinajstić information content (AvgIpc) is 3.53. The monoisotopic (exact) mass is 393 g/mol. The summed E-state index contributed by atoms with van der Waals surface area (Å²) >= 11 is 0. The van der Waals surface area contributed by atoms with Gasteiger partial charge in [0.2, 0.25) is 11.9 Å². The Hall–Kier alpha value is -3.29. The van der Waals surface area contributed by atoms with Crippen LogP contribution in [0.25, 0.3) is 5.70 Å². The van der Waals surface area contributed by atoms with Gasteiger partial charge in [-0.05, 0) is 37.1 Å². The molecule has 0 spiro atoms. The molecule has 0 bridgehead atoms. The Labute approximate surface area is 170 Å². The van der Waals surface area contributed by atoms with Gasteiger partial charge in [-0.3, -0.25) is 4.79 Å². The number of carbonyl (C=O) groups is 1. The van der Waals surface area contributed by atoms with E-state index in [9.17, 15) is 4.79 Å². The second kappa shape index (κ2) is 7.98. The molecule has 4 rings (SSSR count). The minimum atomic E-state index is 0.143. The highest BCUT2D eigenvalue weighted by Crippen LogP contribution is 2.28. The molecule has 1 aliphatic carbocycles. The summed E-state index contributed by atoms with van der Waals surface area (Å²) in [6, 6.07) is 8.63. The highest BCUT2D eigenvalue weighted by atomic mass is 16.2. The van der Waals surface area contributed by atoms with Gasteiger partial charge in [0.25, 0.3) is 0 Å². The minimum Gasteiger partial charge on any atom is -0.399 e. The number of hydrogen-bond acceptors (Lipinski definition) is 7. The lowest BCUT2D eigenvalue weighted by molar-refractivity contribution is -0.129. The average molecular weight is 393 g/mol. The quantitative estimate of drug-likeness (QED) is 0.693. The predicted octanol–water partition coefficient (Wildman–Crippen LogP) is 2.39. The molecule has 0 radical (unpaired) electrons. The van der Waals surface area contributed by atoms with Crippen LogP contribution in [0.5, 0.6) is 0 Å². The fourth-order valence-corrected chi connectivity index (χ4v) is 3.37. The van der Waals surface area contributed by atoms with E-state index in [4.69, 9.17) is 5.73 Å². The number of aromatic nitrogens is 2. The van der Waals surface area contributed by atoms with Crippen molar-refractivity contribution >= 4 is 34.7 Å². The summed E-state index contributed by atoms with van der Waals surface area (Å²) in [6.45, 7) is 8.64. The number of rotatable bonds is 6. The number of benzene rings is 1. The first kappa shape index (κ1) is 19.0. The molecule has 2 aliphatic rings. The van der Waals surface area contributed by atoms with Gasteiger partial charge in [-0.15, -0.1) is 0 Å². The lowest BCUT2D eigenvalue weighted by Gasteiger charge is -2.35. The lowest BCUT2D eigenvalue weighted by atomic mass is 10.2. The van der Waals surface area contributed by atoms with E-state index in [1.54, 1.807) is 13.1 Å². The van der Waals surface area contributed by atoms with Crippen molar-refractivity contribution in [3.63, 3.8) is 0 Å².